The predicted octanol–water partition coefficient (Wildman–Crippen LogP) is 2.67. The zero-order chi connectivity index (χ0) is 14.4. The Morgan fingerprint density at radius 2 is 1.75 bits per heavy atom. The molecule has 104 valence electrons. The third-order valence-corrected chi connectivity index (χ3v) is 3.24. The normalized spacial score (nSPS) is 11.9. The summed E-state index contributed by atoms with van der Waals surface area (Å²) in [6.07, 6.45) is 0.594. The number of hydrogen-bond acceptors (Lipinski definition) is 2. The van der Waals surface area contributed by atoms with E-state index in [2.05, 4.69) is 5.32 Å². The van der Waals surface area contributed by atoms with Crippen molar-refractivity contribution in [2.45, 2.75) is 12.5 Å². The zero-order valence-corrected chi connectivity index (χ0v) is 11.7. The Balaban J connectivity index is 1.99. The maximum Gasteiger partial charge on any atom is 0.251 e. The van der Waals surface area contributed by atoms with E-state index in [0.717, 1.165) is 5.56 Å². The molecule has 0 radical (unpaired) electrons. The average Bonchev–Trinajstić information content (AvgIpc) is 2.48. The maximum atomic E-state index is 12.1. The van der Waals surface area contributed by atoms with Gasteiger partial charge in [-0.2, -0.15) is 0 Å². The number of carbonyl (C=O) groups excluding carboxylic acids is 1. The lowest BCUT2D eigenvalue weighted by molar-refractivity contribution is 0.0916. The molecule has 0 aliphatic heterocycles. The fourth-order valence-electron chi connectivity index (χ4n) is 1.93. The van der Waals surface area contributed by atoms with Gasteiger partial charge in [0.25, 0.3) is 5.91 Å². The lowest BCUT2D eigenvalue weighted by atomic mass is 10.1. The van der Waals surface area contributed by atoms with Crippen molar-refractivity contribution < 1.29 is 9.90 Å². The molecule has 2 aromatic carbocycles. The molecule has 2 N–H and O–H groups in total. The van der Waals surface area contributed by atoms with Crippen molar-refractivity contribution in [1.82, 2.24) is 5.32 Å². The van der Waals surface area contributed by atoms with Gasteiger partial charge in [0.1, 0.15) is 0 Å². The summed E-state index contributed by atoms with van der Waals surface area (Å²) < 4.78 is 0. The fourth-order valence-corrected chi connectivity index (χ4v) is 2.06. The zero-order valence-electron chi connectivity index (χ0n) is 10.9. The fraction of sp³-hybridized carbons (Fsp3) is 0.188. The number of rotatable bonds is 5. The van der Waals surface area contributed by atoms with Crippen molar-refractivity contribution in [2.75, 3.05) is 6.61 Å². The van der Waals surface area contributed by atoms with E-state index in [-0.39, 0.29) is 18.6 Å². The highest BCUT2D eigenvalue weighted by Crippen LogP contribution is 2.10. The molecule has 0 aromatic heterocycles. The van der Waals surface area contributed by atoms with Crippen LogP contribution >= 0.6 is 11.6 Å². The van der Waals surface area contributed by atoms with E-state index in [9.17, 15) is 9.90 Å². The van der Waals surface area contributed by atoms with Crippen LogP contribution < -0.4 is 5.32 Å². The van der Waals surface area contributed by atoms with Crippen LogP contribution in [0.3, 0.4) is 0 Å². The largest absolute Gasteiger partial charge is 0.394 e. The first-order chi connectivity index (χ1) is 9.69. The molecule has 2 rings (SSSR count). The standard InChI is InChI=1S/C16H16ClNO2/c17-14-8-6-13(7-9-14)16(20)18-15(11-19)10-12-4-2-1-3-5-12/h1-9,15,19H,10-11H2,(H,18,20). The Morgan fingerprint density at radius 3 is 2.35 bits per heavy atom. The van der Waals surface area contributed by atoms with Gasteiger partial charge in [0.05, 0.1) is 12.6 Å². The molecule has 20 heavy (non-hydrogen) atoms. The minimum Gasteiger partial charge on any atom is -0.394 e. The van der Waals surface area contributed by atoms with Crippen LogP contribution in [0.5, 0.6) is 0 Å². The maximum absolute atomic E-state index is 12.1. The summed E-state index contributed by atoms with van der Waals surface area (Å²) in [7, 11) is 0. The monoisotopic (exact) mass is 289 g/mol. The molecule has 1 unspecified atom stereocenters. The van der Waals surface area contributed by atoms with Crippen LogP contribution in [-0.2, 0) is 6.42 Å². The second-order valence-electron chi connectivity index (χ2n) is 4.55. The highest BCUT2D eigenvalue weighted by Gasteiger charge is 2.13. The number of aliphatic hydroxyl groups excluding tert-OH is 1. The number of benzene rings is 2. The quantitative estimate of drug-likeness (QED) is 0.889. The van der Waals surface area contributed by atoms with Crippen LogP contribution in [0.25, 0.3) is 0 Å². The van der Waals surface area contributed by atoms with Crippen molar-refractivity contribution in [3.63, 3.8) is 0 Å². The van der Waals surface area contributed by atoms with Crippen LogP contribution in [0.4, 0.5) is 0 Å². The highest BCUT2D eigenvalue weighted by molar-refractivity contribution is 6.30. The van der Waals surface area contributed by atoms with Gasteiger partial charge in [-0.3, -0.25) is 4.79 Å². The van der Waals surface area contributed by atoms with Gasteiger partial charge in [-0.25, -0.2) is 0 Å². The van der Waals surface area contributed by atoms with Crippen molar-refractivity contribution in [3.8, 4) is 0 Å². The molecule has 0 saturated heterocycles. The molecule has 0 aliphatic carbocycles. The lowest BCUT2D eigenvalue weighted by Crippen LogP contribution is -2.39. The number of amides is 1. The molecule has 0 saturated carbocycles. The van der Waals surface area contributed by atoms with Gasteiger partial charge in [0.2, 0.25) is 0 Å². The predicted molar refractivity (Wildman–Crippen MR) is 79.9 cm³/mol. The minimum absolute atomic E-state index is 0.103. The van der Waals surface area contributed by atoms with E-state index in [1.54, 1.807) is 24.3 Å². The molecule has 0 aliphatic rings. The van der Waals surface area contributed by atoms with E-state index in [1.807, 2.05) is 30.3 Å². The van der Waals surface area contributed by atoms with Crippen LogP contribution in [0.15, 0.2) is 54.6 Å². The molecule has 0 spiro atoms. The van der Waals surface area contributed by atoms with Gasteiger partial charge < -0.3 is 10.4 Å². The van der Waals surface area contributed by atoms with Gasteiger partial charge in [0, 0.05) is 10.6 Å². The molecule has 1 amide bonds. The Hall–Kier alpha value is -1.84. The van der Waals surface area contributed by atoms with Crippen LogP contribution in [0.2, 0.25) is 5.02 Å². The molecule has 0 fully saturated rings. The Morgan fingerprint density at radius 1 is 1.10 bits per heavy atom. The first kappa shape index (κ1) is 14.6. The van der Waals surface area contributed by atoms with Gasteiger partial charge in [-0.15, -0.1) is 0 Å². The summed E-state index contributed by atoms with van der Waals surface area (Å²) in [6, 6.07) is 16.1. The summed E-state index contributed by atoms with van der Waals surface area (Å²) in [5, 5.41) is 12.8. The molecule has 4 heteroatoms. The molecule has 1 atom stereocenters. The summed E-state index contributed by atoms with van der Waals surface area (Å²) in [4.78, 5) is 12.1. The average molecular weight is 290 g/mol. The smallest absolute Gasteiger partial charge is 0.251 e. The summed E-state index contributed by atoms with van der Waals surface area (Å²) in [5.74, 6) is -0.211. The topological polar surface area (TPSA) is 49.3 Å². The minimum atomic E-state index is -0.305. The number of carbonyl (C=O) groups is 1. The molecule has 3 nitrogen and oxygen atoms in total. The van der Waals surface area contributed by atoms with E-state index < -0.39 is 0 Å². The SMILES string of the molecule is O=C(NC(CO)Cc1ccccc1)c1ccc(Cl)cc1. The summed E-state index contributed by atoms with van der Waals surface area (Å²) in [6.45, 7) is -0.103. The van der Waals surface area contributed by atoms with Crippen LogP contribution in [-0.4, -0.2) is 23.7 Å². The Labute approximate surface area is 123 Å². The van der Waals surface area contributed by atoms with E-state index >= 15 is 0 Å². The van der Waals surface area contributed by atoms with Crippen molar-refractivity contribution in [2.24, 2.45) is 0 Å². The van der Waals surface area contributed by atoms with Crippen molar-refractivity contribution >= 4 is 17.5 Å². The molecular weight excluding hydrogens is 274 g/mol. The third kappa shape index (κ3) is 4.08. The summed E-state index contributed by atoms with van der Waals surface area (Å²) >= 11 is 5.78. The van der Waals surface area contributed by atoms with Crippen molar-refractivity contribution in [1.29, 1.82) is 0 Å². The van der Waals surface area contributed by atoms with E-state index in [0.29, 0.717) is 17.0 Å². The van der Waals surface area contributed by atoms with Gasteiger partial charge in [0.15, 0.2) is 0 Å². The first-order valence-electron chi connectivity index (χ1n) is 6.40. The van der Waals surface area contributed by atoms with Crippen LogP contribution in [0, 0.1) is 0 Å². The molecular formula is C16H16ClNO2. The number of halogens is 1. The number of nitrogens with one attached hydrogen (secondary N) is 1. The highest BCUT2D eigenvalue weighted by atomic mass is 35.5. The second kappa shape index (κ2) is 7.08. The summed E-state index contributed by atoms with van der Waals surface area (Å²) in [5.41, 5.74) is 1.60. The Bertz CT molecular complexity index is 554. The number of hydrogen-bond donors (Lipinski definition) is 2. The van der Waals surface area contributed by atoms with Gasteiger partial charge in [-0.05, 0) is 36.2 Å². The van der Waals surface area contributed by atoms with Crippen LogP contribution in [0.1, 0.15) is 15.9 Å². The van der Waals surface area contributed by atoms with E-state index in [1.165, 1.54) is 0 Å². The van der Waals surface area contributed by atoms with Crippen molar-refractivity contribution in [3.05, 3.63) is 70.7 Å². The van der Waals surface area contributed by atoms with Gasteiger partial charge >= 0.3 is 0 Å². The lowest BCUT2D eigenvalue weighted by Gasteiger charge is -2.16. The first-order valence-corrected chi connectivity index (χ1v) is 6.78. The second-order valence-corrected chi connectivity index (χ2v) is 4.99. The van der Waals surface area contributed by atoms with E-state index in [4.69, 9.17) is 11.6 Å². The molecule has 0 bridgehead atoms. The van der Waals surface area contributed by atoms with Gasteiger partial charge in [-0.1, -0.05) is 41.9 Å². The number of aliphatic hydroxyl groups is 1. The Kier molecular flexibility index (Phi) is 5.16. The third-order valence-electron chi connectivity index (χ3n) is 2.99. The molecule has 2 aromatic rings. The molecule has 0 heterocycles.